The fraction of sp³-hybridized carbons (Fsp3) is 0.118. The summed E-state index contributed by atoms with van der Waals surface area (Å²) in [6.07, 6.45) is 1.43. The summed E-state index contributed by atoms with van der Waals surface area (Å²) < 4.78 is 19.6. The first-order valence-electron chi connectivity index (χ1n) is 7.24. The van der Waals surface area contributed by atoms with E-state index in [2.05, 4.69) is 20.0 Å². The summed E-state index contributed by atoms with van der Waals surface area (Å²) in [4.78, 5) is 30.0. The molecule has 8 heteroatoms. The van der Waals surface area contributed by atoms with Crippen LogP contribution in [0, 0.1) is 5.82 Å². The van der Waals surface area contributed by atoms with Gasteiger partial charge in [-0.3, -0.25) is 4.79 Å². The number of carbonyl (C=O) groups excluding carboxylic acids is 2. The van der Waals surface area contributed by atoms with Gasteiger partial charge in [0.15, 0.2) is 5.82 Å². The maximum absolute atomic E-state index is 14.9. The number of carbonyl (C=O) groups is 2. The van der Waals surface area contributed by atoms with E-state index in [1.807, 2.05) is 0 Å². The SMILES string of the molecule is COC(=O)c1cccc(-c2cc(NC(C)=O)c3c(Cl)c[nH]c3c2F)n1. The first-order chi connectivity index (χ1) is 11.9. The fourth-order valence-electron chi connectivity index (χ4n) is 2.53. The van der Waals surface area contributed by atoms with Crippen LogP contribution in [0.5, 0.6) is 0 Å². The standard InChI is InChI=1S/C17H13ClFN3O3/c1-8(23)21-13-6-9(15(19)16-14(13)10(18)7-20-16)11-4-3-5-12(22-11)17(24)25-2/h3-7,20H,1-2H3,(H,21,23). The fourth-order valence-corrected chi connectivity index (χ4v) is 2.78. The minimum Gasteiger partial charge on any atom is -0.464 e. The van der Waals surface area contributed by atoms with Crippen molar-refractivity contribution in [3.63, 3.8) is 0 Å². The van der Waals surface area contributed by atoms with E-state index in [4.69, 9.17) is 11.6 Å². The van der Waals surface area contributed by atoms with Crippen molar-refractivity contribution in [1.29, 1.82) is 0 Å². The molecule has 6 nitrogen and oxygen atoms in total. The number of aromatic amines is 1. The number of hydrogen-bond acceptors (Lipinski definition) is 4. The molecule has 2 heterocycles. The predicted molar refractivity (Wildman–Crippen MR) is 92.1 cm³/mol. The number of rotatable bonds is 3. The Morgan fingerprint density at radius 3 is 2.80 bits per heavy atom. The molecule has 2 aromatic heterocycles. The number of halogens is 2. The van der Waals surface area contributed by atoms with Crippen molar-refractivity contribution in [2.24, 2.45) is 0 Å². The van der Waals surface area contributed by atoms with Crippen LogP contribution >= 0.6 is 11.6 Å². The lowest BCUT2D eigenvalue weighted by molar-refractivity contribution is -0.114. The van der Waals surface area contributed by atoms with Crippen molar-refractivity contribution in [2.75, 3.05) is 12.4 Å². The number of H-pyrrole nitrogens is 1. The molecule has 1 amide bonds. The Morgan fingerprint density at radius 1 is 1.36 bits per heavy atom. The van der Waals surface area contributed by atoms with Gasteiger partial charge in [0.25, 0.3) is 0 Å². The first-order valence-corrected chi connectivity index (χ1v) is 7.62. The Labute approximate surface area is 147 Å². The van der Waals surface area contributed by atoms with Crippen LogP contribution in [0.25, 0.3) is 22.2 Å². The molecule has 3 rings (SSSR count). The Kier molecular flexibility index (Phi) is 4.41. The quantitative estimate of drug-likeness (QED) is 0.695. The van der Waals surface area contributed by atoms with Crippen molar-refractivity contribution in [3.8, 4) is 11.3 Å². The number of benzene rings is 1. The molecular weight excluding hydrogens is 349 g/mol. The second-order valence-corrected chi connectivity index (χ2v) is 5.66. The van der Waals surface area contributed by atoms with E-state index in [0.717, 1.165) is 0 Å². The molecule has 128 valence electrons. The van der Waals surface area contributed by atoms with Gasteiger partial charge >= 0.3 is 5.97 Å². The van der Waals surface area contributed by atoms with Gasteiger partial charge in [0, 0.05) is 24.1 Å². The summed E-state index contributed by atoms with van der Waals surface area (Å²) in [7, 11) is 1.24. The molecule has 0 aliphatic rings. The minimum atomic E-state index is -0.631. The van der Waals surface area contributed by atoms with Crippen LogP contribution in [0.3, 0.4) is 0 Å². The van der Waals surface area contributed by atoms with Crippen LogP contribution < -0.4 is 5.32 Å². The van der Waals surface area contributed by atoms with Gasteiger partial charge in [-0.1, -0.05) is 17.7 Å². The van der Waals surface area contributed by atoms with Gasteiger partial charge in [0.1, 0.15) is 5.69 Å². The van der Waals surface area contributed by atoms with Crippen LogP contribution in [0.15, 0.2) is 30.5 Å². The highest BCUT2D eigenvalue weighted by Crippen LogP contribution is 2.37. The lowest BCUT2D eigenvalue weighted by atomic mass is 10.1. The highest BCUT2D eigenvalue weighted by molar-refractivity contribution is 6.37. The zero-order chi connectivity index (χ0) is 18.1. The Morgan fingerprint density at radius 2 is 2.12 bits per heavy atom. The molecule has 0 spiro atoms. The van der Waals surface area contributed by atoms with Crippen molar-refractivity contribution in [3.05, 3.63) is 47.0 Å². The third kappa shape index (κ3) is 3.06. The number of anilines is 1. The predicted octanol–water partition coefficient (Wildman–Crippen LogP) is 3.77. The van der Waals surface area contributed by atoms with E-state index in [0.29, 0.717) is 11.1 Å². The topological polar surface area (TPSA) is 84.1 Å². The number of fused-ring (bicyclic) bond motifs is 1. The number of amides is 1. The van der Waals surface area contributed by atoms with Gasteiger partial charge in [-0.15, -0.1) is 0 Å². The number of nitrogens with zero attached hydrogens (tertiary/aromatic N) is 1. The summed E-state index contributed by atoms with van der Waals surface area (Å²) in [6, 6.07) is 6.02. The maximum Gasteiger partial charge on any atom is 0.356 e. The van der Waals surface area contributed by atoms with E-state index >= 15 is 0 Å². The molecule has 0 fully saturated rings. The molecule has 0 unspecified atom stereocenters. The zero-order valence-electron chi connectivity index (χ0n) is 13.3. The molecule has 3 aromatic rings. The first kappa shape index (κ1) is 16.9. The van der Waals surface area contributed by atoms with Crippen molar-refractivity contribution in [2.45, 2.75) is 6.92 Å². The van der Waals surface area contributed by atoms with Crippen molar-refractivity contribution < 1.29 is 18.7 Å². The molecule has 0 saturated heterocycles. The van der Waals surface area contributed by atoms with Gasteiger partial charge in [-0.2, -0.15) is 0 Å². The summed E-state index contributed by atoms with van der Waals surface area (Å²) in [5.41, 5.74) is 0.858. The average Bonchev–Trinajstić information content (AvgIpc) is 2.99. The van der Waals surface area contributed by atoms with Gasteiger partial charge in [0.2, 0.25) is 5.91 Å². The van der Waals surface area contributed by atoms with E-state index in [1.165, 1.54) is 32.4 Å². The summed E-state index contributed by atoms with van der Waals surface area (Å²) >= 11 is 6.09. The number of ether oxygens (including phenoxy) is 1. The molecular formula is C17H13ClFN3O3. The Bertz CT molecular complexity index is 1000. The van der Waals surface area contributed by atoms with Crippen LogP contribution in [-0.2, 0) is 9.53 Å². The van der Waals surface area contributed by atoms with Crippen molar-refractivity contribution in [1.82, 2.24) is 9.97 Å². The number of aromatic nitrogens is 2. The zero-order valence-corrected chi connectivity index (χ0v) is 14.1. The van der Waals surface area contributed by atoms with E-state index in [-0.39, 0.29) is 33.4 Å². The summed E-state index contributed by atoms with van der Waals surface area (Å²) in [5, 5.41) is 3.27. The highest BCUT2D eigenvalue weighted by Gasteiger charge is 2.19. The second kappa shape index (κ2) is 6.52. The minimum absolute atomic E-state index is 0.0464. The molecule has 0 bridgehead atoms. The van der Waals surface area contributed by atoms with Crippen LogP contribution in [-0.4, -0.2) is 29.0 Å². The molecule has 25 heavy (non-hydrogen) atoms. The molecule has 0 aliphatic heterocycles. The molecule has 2 N–H and O–H groups in total. The monoisotopic (exact) mass is 361 g/mol. The van der Waals surface area contributed by atoms with Gasteiger partial charge in [-0.05, 0) is 18.2 Å². The number of esters is 1. The van der Waals surface area contributed by atoms with Crippen LogP contribution in [0.4, 0.5) is 10.1 Å². The normalized spacial score (nSPS) is 10.7. The van der Waals surface area contributed by atoms with Crippen LogP contribution in [0.1, 0.15) is 17.4 Å². The number of methoxy groups -OCH3 is 1. The van der Waals surface area contributed by atoms with Crippen molar-refractivity contribution >= 4 is 40.1 Å². The third-order valence-electron chi connectivity index (χ3n) is 3.58. The number of hydrogen-bond donors (Lipinski definition) is 2. The average molecular weight is 362 g/mol. The van der Waals surface area contributed by atoms with E-state index < -0.39 is 11.8 Å². The molecule has 0 aliphatic carbocycles. The summed E-state index contributed by atoms with van der Waals surface area (Å²) in [5.74, 6) is -1.55. The smallest absolute Gasteiger partial charge is 0.356 e. The largest absolute Gasteiger partial charge is 0.464 e. The Hall–Kier alpha value is -2.93. The Balaban J connectivity index is 2.25. The lowest BCUT2D eigenvalue weighted by Gasteiger charge is -2.11. The molecule has 0 atom stereocenters. The van der Waals surface area contributed by atoms with Crippen LogP contribution in [0.2, 0.25) is 5.02 Å². The molecule has 1 aromatic carbocycles. The highest BCUT2D eigenvalue weighted by atomic mass is 35.5. The van der Waals surface area contributed by atoms with Gasteiger partial charge in [-0.25, -0.2) is 14.2 Å². The third-order valence-corrected chi connectivity index (χ3v) is 3.87. The summed E-state index contributed by atoms with van der Waals surface area (Å²) in [6.45, 7) is 1.34. The van der Waals surface area contributed by atoms with E-state index in [1.54, 1.807) is 12.1 Å². The molecule has 0 radical (unpaired) electrons. The van der Waals surface area contributed by atoms with Gasteiger partial charge < -0.3 is 15.0 Å². The van der Waals surface area contributed by atoms with Gasteiger partial charge in [0.05, 0.1) is 29.0 Å². The lowest BCUT2D eigenvalue weighted by Crippen LogP contribution is -2.08. The maximum atomic E-state index is 14.9. The second-order valence-electron chi connectivity index (χ2n) is 5.25. The number of nitrogens with one attached hydrogen (secondary N) is 2. The number of pyridine rings is 1. The molecule has 0 saturated carbocycles. The van der Waals surface area contributed by atoms with E-state index in [9.17, 15) is 14.0 Å².